The molecule has 0 bridgehead atoms. The lowest BCUT2D eigenvalue weighted by Crippen LogP contribution is -2.36. The van der Waals surface area contributed by atoms with Crippen LogP contribution in [0.25, 0.3) is 0 Å². The number of thiazole rings is 1. The number of sulfonamides is 1. The van der Waals surface area contributed by atoms with Crippen molar-refractivity contribution in [1.29, 1.82) is 0 Å². The molecule has 3 aromatic rings. The number of benzene rings is 1. The second kappa shape index (κ2) is 7.78. The number of nitrogens with zero attached hydrogens (tertiary/aromatic N) is 3. The van der Waals surface area contributed by atoms with E-state index in [1.807, 2.05) is 30.3 Å². The van der Waals surface area contributed by atoms with Crippen LogP contribution in [0.4, 0.5) is 5.13 Å². The summed E-state index contributed by atoms with van der Waals surface area (Å²) >= 11 is 1.31. The summed E-state index contributed by atoms with van der Waals surface area (Å²) in [5, 5.41) is 3.21. The molecule has 28 heavy (non-hydrogen) atoms. The molecule has 0 fully saturated rings. The van der Waals surface area contributed by atoms with Crippen LogP contribution in [0.3, 0.4) is 0 Å². The number of pyridine rings is 1. The predicted octanol–water partition coefficient (Wildman–Crippen LogP) is 2.68. The molecule has 0 radical (unpaired) electrons. The van der Waals surface area contributed by atoms with Crippen LogP contribution in [0.2, 0.25) is 0 Å². The Balaban J connectivity index is 1.46. The summed E-state index contributed by atoms with van der Waals surface area (Å²) in [7, 11) is -3.42. The van der Waals surface area contributed by atoms with E-state index in [0.717, 1.165) is 16.1 Å². The summed E-state index contributed by atoms with van der Waals surface area (Å²) < 4.78 is 27.0. The monoisotopic (exact) mass is 414 g/mol. The van der Waals surface area contributed by atoms with E-state index in [9.17, 15) is 13.2 Å². The second-order valence-electron chi connectivity index (χ2n) is 6.38. The maximum Gasteiger partial charge on any atom is 0.276 e. The number of hydrogen-bond acceptors (Lipinski definition) is 6. The normalized spacial score (nSPS) is 14.4. The van der Waals surface area contributed by atoms with Gasteiger partial charge in [0, 0.05) is 30.6 Å². The third kappa shape index (κ3) is 4.11. The van der Waals surface area contributed by atoms with Gasteiger partial charge in [-0.1, -0.05) is 36.4 Å². The number of amides is 1. The lowest BCUT2D eigenvalue weighted by Gasteiger charge is -2.25. The van der Waals surface area contributed by atoms with Gasteiger partial charge in [-0.3, -0.25) is 15.1 Å². The van der Waals surface area contributed by atoms with E-state index in [0.29, 0.717) is 23.8 Å². The highest BCUT2D eigenvalue weighted by Gasteiger charge is 2.29. The van der Waals surface area contributed by atoms with E-state index in [-0.39, 0.29) is 18.2 Å². The van der Waals surface area contributed by atoms with Gasteiger partial charge in [0.25, 0.3) is 5.91 Å². The van der Waals surface area contributed by atoms with Crippen LogP contribution in [0.1, 0.15) is 26.6 Å². The number of carbonyl (C=O) groups excluding carboxylic acids is 1. The van der Waals surface area contributed by atoms with Gasteiger partial charge in [-0.15, -0.1) is 11.3 Å². The first-order valence-electron chi connectivity index (χ1n) is 8.74. The first-order valence-corrected chi connectivity index (χ1v) is 11.2. The predicted molar refractivity (Wildman–Crippen MR) is 107 cm³/mol. The summed E-state index contributed by atoms with van der Waals surface area (Å²) in [6.45, 7) is 0.668. The average molecular weight is 415 g/mol. The van der Waals surface area contributed by atoms with Crippen molar-refractivity contribution in [3.8, 4) is 0 Å². The van der Waals surface area contributed by atoms with Gasteiger partial charge < -0.3 is 0 Å². The summed E-state index contributed by atoms with van der Waals surface area (Å²) in [4.78, 5) is 21.6. The molecule has 0 atom stereocenters. The standard InChI is InChI=1S/C19H18N4O3S2/c24-18(16-8-4-5-10-20-16)22-19-21-15-9-11-23(12-17(15)27-19)28(25,26)13-14-6-2-1-3-7-14/h1-8,10H,9,11-13H2,(H,21,22,24). The maximum absolute atomic E-state index is 12.8. The third-order valence-electron chi connectivity index (χ3n) is 4.40. The van der Waals surface area contributed by atoms with Crippen LogP contribution in [-0.4, -0.2) is 35.1 Å². The molecule has 0 unspecified atom stereocenters. The largest absolute Gasteiger partial charge is 0.296 e. The highest BCUT2D eigenvalue weighted by molar-refractivity contribution is 7.88. The molecule has 144 valence electrons. The lowest BCUT2D eigenvalue weighted by molar-refractivity contribution is 0.102. The second-order valence-corrected chi connectivity index (χ2v) is 9.44. The molecule has 4 rings (SSSR count). The van der Waals surface area contributed by atoms with Crippen LogP contribution < -0.4 is 5.32 Å². The van der Waals surface area contributed by atoms with E-state index < -0.39 is 10.0 Å². The van der Waals surface area contributed by atoms with Crippen molar-refractivity contribution in [2.24, 2.45) is 0 Å². The number of carbonyl (C=O) groups is 1. The van der Waals surface area contributed by atoms with Gasteiger partial charge >= 0.3 is 0 Å². The molecular weight excluding hydrogens is 396 g/mol. The molecule has 0 spiro atoms. The van der Waals surface area contributed by atoms with Gasteiger partial charge in [0.05, 0.1) is 11.4 Å². The smallest absolute Gasteiger partial charge is 0.276 e. The third-order valence-corrected chi connectivity index (χ3v) is 7.19. The molecule has 1 aliphatic heterocycles. The molecule has 3 heterocycles. The summed E-state index contributed by atoms with van der Waals surface area (Å²) in [6.07, 6.45) is 2.08. The van der Waals surface area contributed by atoms with Crippen LogP contribution in [-0.2, 0) is 28.7 Å². The van der Waals surface area contributed by atoms with Crippen LogP contribution in [0, 0.1) is 0 Å². The van der Waals surface area contributed by atoms with E-state index in [4.69, 9.17) is 0 Å². The lowest BCUT2D eigenvalue weighted by atomic mass is 10.2. The quantitative estimate of drug-likeness (QED) is 0.693. The van der Waals surface area contributed by atoms with Crippen molar-refractivity contribution in [1.82, 2.24) is 14.3 Å². The van der Waals surface area contributed by atoms with Crippen molar-refractivity contribution in [3.05, 3.63) is 76.6 Å². The van der Waals surface area contributed by atoms with Gasteiger partial charge in [0.1, 0.15) is 5.69 Å². The van der Waals surface area contributed by atoms with Gasteiger partial charge in [0.15, 0.2) is 5.13 Å². The number of fused-ring (bicyclic) bond motifs is 1. The summed E-state index contributed by atoms with van der Waals surface area (Å²) in [5.74, 6) is -0.356. The summed E-state index contributed by atoms with van der Waals surface area (Å²) in [6, 6.07) is 14.3. The Labute approximate surface area is 167 Å². The van der Waals surface area contributed by atoms with Crippen molar-refractivity contribution in [3.63, 3.8) is 0 Å². The van der Waals surface area contributed by atoms with E-state index in [1.165, 1.54) is 15.6 Å². The summed E-state index contributed by atoms with van der Waals surface area (Å²) in [5.41, 5.74) is 1.91. The molecule has 1 aromatic carbocycles. The molecule has 7 nitrogen and oxygen atoms in total. The molecule has 1 N–H and O–H groups in total. The fourth-order valence-corrected chi connectivity index (χ4v) is 5.59. The van der Waals surface area contributed by atoms with Crippen molar-refractivity contribution >= 4 is 32.4 Å². The minimum Gasteiger partial charge on any atom is -0.296 e. The van der Waals surface area contributed by atoms with E-state index in [2.05, 4.69) is 15.3 Å². The molecule has 1 amide bonds. The zero-order chi connectivity index (χ0) is 19.6. The fraction of sp³-hybridized carbons (Fsp3) is 0.211. The van der Waals surface area contributed by atoms with Gasteiger partial charge in [-0.2, -0.15) is 4.31 Å². The molecule has 0 aliphatic carbocycles. The van der Waals surface area contributed by atoms with Gasteiger partial charge in [-0.05, 0) is 17.7 Å². The molecular formula is C19H18N4O3S2. The van der Waals surface area contributed by atoms with Crippen LogP contribution in [0.15, 0.2) is 54.7 Å². The Morgan fingerprint density at radius 1 is 1.14 bits per heavy atom. The first kappa shape index (κ1) is 18.7. The van der Waals surface area contributed by atoms with Crippen molar-refractivity contribution < 1.29 is 13.2 Å². The maximum atomic E-state index is 12.8. The minimum atomic E-state index is -3.42. The highest BCUT2D eigenvalue weighted by atomic mass is 32.2. The van der Waals surface area contributed by atoms with Crippen LogP contribution >= 0.6 is 11.3 Å². The number of anilines is 1. The average Bonchev–Trinajstić information content (AvgIpc) is 3.10. The number of hydrogen-bond donors (Lipinski definition) is 1. The number of aromatic nitrogens is 2. The number of rotatable bonds is 5. The zero-order valence-electron chi connectivity index (χ0n) is 14.9. The Kier molecular flexibility index (Phi) is 5.21. The number of nitrogens with one attached hydrogen (secondary N) is 1. The Morgan fingerprint density at radius 3 is 2.68 bits per heavy atom. The van der Waals surface area contributed by atoms with Gasteiger partial charge in [-0.25, -0.2) is 13.4 Å². The fourth-order valence-electron chi connectivity index (χ4n) is 3.00. The SMILES string of the molecule is O=C(Nc1nc2c(s1)CN(S(=O)(=O)Cc1ccccc1)CC2)c1ccccn1. The Morgan fingerprint density at radius 2 is 1.93 bits per heavy atom. The molecule has 1 aliphatic rings. The highest BCUT2D eigenvalue weighted by Crippen LogP contribution is 2.30. The Hall–Kier alpha value is -2.62. The minimum absolute atomic E-state index is 0.0226. The molecule has 9 heteroatoms. The van der Waals surface area contributed by atoms with E-state index >= 15 is 0 Å². The van der Waals surface area contributed by atoms with Crippen molar-refractivity contribution in [2.45, 2.75) is 18.7 Å². The van der Waals surface area contributed by atoms with Crippen LogP contribution in [0.5, 0.6) is 0 Å². The zero-order valence-corrected chi connectivity index (χ0v) is 16.5. The van der Waals surface area contributed by atoms with Crippen molar-refractivity contribution in [2.75, 3.05) is 11.9 Å². The molecule has 2 aromatic heterocycles. The van der Waals surface area contributed by atoms with Gasteiger partial charge in [0.2, 0.25) is 10.0 Å². The molecule has 0 saturated carbocycles. The van der Waals surface area contributed by atoms with E-state index in [1.54, 1.807) is 24.4 Å². The topological polar surface area (TPSA) is 92.3 Å². The first-order chi connectivity index (χ1) is 13.5. The molecule has 0 saturated heterocycles. The Bertz CT molecular complexity index is 1080.